The summed E-state index contributed by atoms with van der Waals surface area (Å²) in [5.74, 6) is -1.07. The van der Waals surface area contributed by atoms with Crippen molar-refractivity contribution in [1.82, 2.24) is 0 Å². The SMILES string of the molecule is O=C(O)C[N-]CC(O)O.[K+]. The average molecular weight is 173 g/mol. The Bertz CT molecular complexity index is 97.3. The van der Waals surface area contributed by atoms with Gasteiger partial charge in [0.05, 0.1) is 0 Å². The smallest absolute Gasteiger partial charge is 0.649 e. The van der Waals surface area contributed by atoms with Gasteiger partial charge in [0, 0.05) is 0 Å². The maximum absolute atomic E-state index is 9.72. The van der Waals surface area contributed by atoms with E-state index in [1.54, 1.807) is 0 Å². The molecule has 54 valence electrons. The fourth-order valence-corrected chi connectivity index (χ4v) is 0.276. The van der Waals surface area contributed by atoms with Crippen molar-refractivity contribution >= 4 is 5.97 Å². The second kappa shape index (κ2) is 8.09. The fraction of sp³-hybridized carbons (Fsp3) is 0.750. The molecule has 0 saturated carbocycles. The van der Waals surface area contributed by atoms with E-state index >= 15 is 0 Å². The summed E-state index contributed by atoms with van der Waals surface area (Å²) < 4.78 is 0. The number of aliphatic hydroxyl groups excluding tert-OH is 1. The van der Waals surface area contributed by atoms with E-state index in [2.05, 4.69) is 5.32 Å². The molecule has 0 bridgehead atoms. The van der Waals surface area contributed by atoms with Crippen molar-refractivity contribution in [1.29, 1.82) is 0 Å². The summed E-state index contributed by atoms with van der Waals surface area (Å²) in [7, 11) is 0. The normalized spacial score (nSPS) is 9.10. The topological polar surface area (TPSA) is 91.9 Å². The standard InChI is InChI=1S/C4H8NO4.K/c6-3(7)1-5-2-4(8)9;/h3,6-7H,1-2H2,(H,8,9);/q-1;+1. The van der Waals surface area contributed by atoms with Gasteiger partial charge in [0.15, 0.2) is 0 Å². The number of rotatable bonds is 4. The third-order valence-electron chi connectivity index (χ3n) is 0.539. The number of hydrogen-bond acceptors (Lipinski definition) is 3. The van der Waals surface area contributed by atoms with Crippen LogP contribution < -0.4 is 51.4 Å². The first-order valence-electron chi connectivity index (χ1n) is 2.34. The molecule has 0 rings (SSSR count). The van der Waals surface area contributed by atoms with E-state index in [4.69, 9.17) is 15.3 Å². The van der Waals surface area contributed by atoms with E-state index in [0.717, 1.165) is 0 Å². The third-order valence-corrected chi connectivity index (χ3v) is 0.539. The molecule has 6 heteroatoms. The minimum atomic E-state index is -1.54. The number of carboxylic acids is 1. The molecule has 3 N–H and O–H groups in total. The second-order valence-corrected chi connectivity index (χ2v) is 1.44. The van der Waals surface area contributed by atoms with Gasteiger partial charge in [0.25, 0.3) is 5.97 Å². The summed E-state index contributed by atoms with van der Waals surface area (Å²) in [6.07, 6.45) is -1.54. The molecule has 0 aliphatic carbocycles. The van der Waals surface area contributed by atoms with Crippen LogP contribution in [-0.4, -0.2) is 40.7 Å². The van der Waals surface area contributed by atoms with Crippen LogP contribution in [0.2, 0.25) is 0 Å². The first kappa shape index (κ1) is 13.6. The molecule has 0 aromatic heterocycles. The van der Waals surface area contributed by atoms with E-state index in [0.29, 0.717) is 0 Å². The molecule has 0 amide bonds. The van der Waals surface area contributed by atoms with E-state index in [1.165, 1.54) is 0 Å². The van der Waals surface area contributed by atoms with Crippen LogP contribution in [0.5, 0.6) is 0 Å². The third kappa shape index (κ3) is 11.7. The van der Waals surface area contributed by atoms with Crippen LogP contribution in [0.25, 0.3) is 5.32 Å². The van der Waals surface area contributed by atoms with Crippen molar-refractivity contribution in [2.75, 3.05) is 13.1 Å². The molecule has 0 aromatic rings. The molecule has 0 fully saturated rings. The Morgan fingerprint density at radius 2 is 2.00 bits per heavy atom. The largest absolute Gasteiger partial charge is 1.00 e. The van der Waals surface area contributed by atoms with Crippen LogP contribution in [0, 0.1) is 0 Å². The van der Waals surface area contributed by atoms with Crippen molar-refractivity contribution in [2.24, 2.45) is 0 Å². The number of aliphatic hydroxyl groups is 2. The van der Waals surface area contributed by atoms with E-state index in [-0.39, 0.29) is 64.5 Å². The van der Waals surface area contributed by atoms with E-state index in [9.17, 15) is 4.79 Å². The van der Waals surface area contributed by atoms with Gasteiger partial charge < -0.3 is 20.6 Å². The zero-order valence-electron chi connectivity index (χ0n) is 5.69. The van der Waals surface area contributed by atoms with E-state index in [1.807, 2.05) is 0 Å². The summed E-state index contributed by atoms with van der Waals surface area (Å²) in [6, 6.07) is 0. The van der Waals surface area contributed by atoms with Crippen molar-refractivity contribution in [2.45, 2.75) is 6.29 Å². The van der Waals surface area contributed by atoms with Crippen molar-refractivity contribution in [3.8, 4) is 0 Å². The maximum Gasteiger partial charge on any atom is 1.00 e. The van der Waals surface area contributed by atoms with Gasteiger partial charge in [0.1, 0.15) is 6.29 Å². The second-order valence-electron chi connectivity index (χ2n) is 1.44. The van der Waals surface area contributed by atoms with Crippen LogP contribution in [0.3, 0.4) is 0 Å². The van der Waals surface area contributed by atoms with E-state index < -0.39 is 12.3 Å². The number of hydrogen-bond donors (Lipinski definition) is 3. The minimum Gasteiger partial charge on any atom is -0.649 e. The zero-order chi connectivity index (χ0) is 7.28. The molecular weight excluding hydrogens is 165 g/mol. The Morgan fingerprint density at radius 3 is 2.30 bits per heavy atom. The number of aliphatic carboxylic acids is 1. The van der Waals surface area contributed by atoms with Gasteiger partial charge in [-0.15, -0.1) is 0 Å². The van der Waals surface area contributed by atoms with Crippen molar-refractivity contribution < 1.29 is 71.5 Å². The molecule has 0 saturated heterocycles. The van der Waals surface area contributed by atoms with Crippen LogP contribution in [-0.2, 0) is 4.79 Å². The molecular formula is C4H8KNO4. The number of carboxylic acid groups (broad SMARTS) is 1. The number of nitrogens with zero attached hydrogens (tertiary/aromatic N) is 1. The fourth-order valence-electron chi connectivity index (χ4n) is 0.276. The molecule has 10 heavy (non-hydrogen) atoms. The Balaban J connectivity index is 0. The molecule has 0 radical (unpaired) electrons. The molecule has 5 nitrogen and oxygen atoms in total. The molecule has 0 atom stereocenters. The minimum absolute atomic E-state index is 0. The zero-order valence-corrected chi connectivity index (χ0v) is 8.81. The first-order valence-corrected chi connectivity index (χ1v) is 2.34. The van der Waals surface area contributed by atoms with Gasteiger partial charge in [0.2, 0.25) is 0 Å². The molecule has 0 heterocycles. The summed E-state index contributed by atoms with van der Waals surface area (Å²) in [4.78, 5) is 9.72. The summed E-state index contributed by atoms with van der Waals surface area (Å²) in [6.45, 7) is -0.621. The van der Waals surface area contributed by atoms with Gasteiger partial charge in [-0.3, -0.25) is 4.79 Å². The monoisotopic (exact) mass is 173 g/mol. The van der Waals surface area contributed by atoms with Crippen LogP contribution in [0.4, 0.5) is 0 Å². The van der Waals surface area contributed by atoms with Gasteiger partial charge in [-0.2, -0.15) is 0 Å². The molecule has 0 aliphatic heterocycles. The van der Waals surface area contributed by atoms with Crippen LogP contribution in [0.1, 0.15) is 0 Å². The summed E-state index contributed by atoms with van der Waals surface area (Å²) in [5, 5.41) is 27.5. The molecule has 0 aliphatic rings. The van der Waals surface area contributed by atoms with Crippen LogP contribution in [0.15, 0.2) is 0 Å². The predicted molar refractivity (Wildman–Crippen MR) is 29.0 cm³/mol. The molecule has 0 spiro atoms. The molecule has 0 unspecified atom stereocenters. The maximum atomic E-state index is 9.72. The predicted octanol–water partition coefficient (Wildman–Crippen LogP) is -4.24. The van der Waals surface area contributed by atoms with Gasteiger partial charge >= 0.3 is 51.4 Å². The van der Waals surface area contributed by atoms with Crippen molar-refractivity contribution in [3.05, 3.63) is 5.32 Å². The Kier molecular flexibility index (Phi) is 11.0. The van der Waals surface area contributed by atoms with Crippen LogP contribution >= 0.6 is 0 Å². The van der Waals surface area contributed by atoms with Gasteiger partial charge in [-0.1, -0.05) is 6.54 Å². The van der Waals surface area contributed by atoms with Gasteiger partial charge in [-0.05, 0) is 6.54 Å². The van der Waals surface area contributed by atoms with Gasteiger partial charge in [-0.25, -0.2) is 0 Å². The Morgan fingerprint density at radius 1 is 1.50 bits per heavy atom. The quantitative estimate of drug-likeness (QED) is 0.296. The number of carbonyl (C=O) groups is 1. The Hall–Kier alpha value is 0.986. The Labute approximate surface area is 101 Å². The van der Waals surface area contributed by atoms with Crippen molar-refractivity contribution in [3.63, 3.8) is 0 Å². The summed E-state index contributed by atoms with van der Waals surface area (Å²) >= 11 is 0. The average Bonchev–Trinajstić information content (AvgIpc) is 1.63. The molecule has 0 aromatic carbocycles. The summed E-state index contributed by atoms with van der Waals surface area (Å²) in [5.41, 5.74) is 0. The first-order chi connectivity index (χ1) is 4.13.